The zero-order chi connectivity index (χ0) is 20.3. The van der Waals surface area contributed by atoms with Crippen molar-refractivity contribution in [2.24, 2.45) is 22.4 Å². The number of fused-ring (bicyclic) bond motifs is 1. The monoisotopic (exact) mass is 387 g/mol. The third-order valence-electron chi connectivity index (χ3n) is 6.41. The molecule has 0 radical (unpaired) electrons. The Morgan fingerprint density at radius 1 is 1.28 bits per heavy atom. The van der Waals surface area contributed by atoms with Gasteiger partial charge in [0, 0.05) is 11.5 Å². The Morgan fingerprint density at radius 3 is 2.79 bits per heavy atom. The summed E-state index contributed by atoms with van der Waals surface area (Å²) in [5.41, 5.74) is 5.28. The topological polar surface area (TPSA) is 74.5 Å². The van der Waals surface area contributed by atoms with Gasteiger partial charge in [-0.1, -0.05) is 38.0 Å². The molecule has 0 bridgehead atoms. The summed E-state index contributed by atoms with van der Waals surface area (Å²) in [6.45, 7) is 2.58. The van der Waals surface area contributed by atoms with Crippen LogP contribution in [-0.4, -0.2) is 12.1 Å². The number of hydrogen-bond acceptors (Lipinski definition) is 4. The number of nitriles is 1. The number of hydrazone groups is 1. The number of carbonyl (C=O) groups excluding carboxylic acids is 1. The van der Waals surface area contributed by atoms with Crippen molar-refractivity contribution in [1.82, 2.24) is 5.43 Å². The molecule has 5 heteroatoms. The van der Waals surface area contributed by atoms with Crippen molar-refractivity contribution in [3.05, 3.63) is 65.2 Å². The lowest BCUT2D eigenvalue weighted by Crippen LogP contribution is -2.22. The standard InChI is InChI=1S/C24H25N3O2/c1-24-13-5-4-8-21(24)22(24)23(28)27-26-15-17-9-11-20(12-10-17)29-16-19-7-3-2-6-18(19)14-25/h2-3,6-7,9-12,15,21-22H,4-5,8,13,16H2,1H3,(H,27,28). The molecule has 4 rings (SSSR count). The summed E-state index contributed by atoms with van der Waals surface area (Å²) in [6, 6.07) is 17.1. The molecule has 0 saturated heterocycles. The van der Waals surface area contributed by atoms with Crippen molar-refractivity contribution in [3.8, 4) is 11.8 Å². The van der Waals surface area contributed by atoms with E-state index in [0.717, 1.165) is 17.5 Å². The molecule has 0 aromatic heterocycles. The van der Waals surface area contributed by atoms with Crippen LogP contribution in [0, 0.1) is 28.6 Å². The molecule has 0 aliphatic heterocycles. The maximum absolute atomic E-state index is 12.4. The van der Waals surface area contributed by atoms with Crippen molar-refractivity contribution in [2.75, 3.05) is 0 Å². The van der Waals surface area contributed by atoms with Gasteiger partial charge in [-0.3, -0.25) is 4.79 Å². The van der Waals surface area contributed by atoms with Gasteiger partial charge in [0.1, 0.15) is 12.4 Å². The van der Waals surface area contributed by atoms with Gasteiger partial charge in [0.2, 0.25) is 5.91 Å². The van der Waals surface area contributed by atoms with Gasteiger partial charge in [0.15, 0.2) is 0 Å². The number of carbonyl (C=O) groups is 1. The number of rotatable bonds is 6. The fourth-order valence-electron chi connectivity index (χ4n) is 4.66. The second-order valence-electron chi connectivity index (χ2n) is 8.20. The molecule has 2 saturated carbocycles. The maximum atomic E-state index is 12.4. The first-order chi connectivity index (χ1) is 14.1. The summed E-state index contributed by atoms with van der Waals surface area (Å²) >= 11 is 0. The van der Waals surface area contributed by atoms with E-state index in [-0.39, 0.29) is 17.2 Å². The second kappa shape index (κ2) is 8.08. The number of nitrogens with zero attached hydrogens (tertiary/aromatic N) is 2. The van der Waals surface area contributed by atoms with Crippen LogP contribution in [0.1, 0.15) is 49.3 Å². The van der Waals surface area contributed by atoms with Gasteiger partial charge in [0.05, 0.1) is 17.8 Å². The third-order valence-corrected chi connectivity index (χ3v) is 6.41. The van der Waals surface area contributed by atoms with Crippen molar-refractivity contribution in [3.63, 3.8) is 0 Å². The highest BCUT2D eigenvalue weighted by molar-refractivity contribution is 5.85. The van der Waals surface area contributed by atoms with Gasteiger partial charge in [0.25, 0.3) is 0 Å². The summed E-state index contributed by atoms with van der Waals surface area (Å²) in [5.74, 6) is 1.42. The van der Waals surface area contributed by atoms with E-state index in [4.69, 9.17) is 10.00 Å². The molecule has 29 heavy (non-hydrogen) atoms. The van der Waals surface area contributed by atoms with Gasteiger partial charge in [-0.05, 0) is 60.1 Å². The van der Waals surface area contributed by atoms with Crippen molar-refractivity contribution in [2.45, 2.75) is 39.2 Å². The van der Waals surface area contributed by atoms with E-state index in [1.165, 1.54) is 19.3 Å². The van der Waals surface area contributed by atoms with Gasteiger partial charge in [-0.25, -0.2) is 5.43 Å². The Morgan fingerprint density at radius 2 is 2.07 bits per heavy atom. The van der Waals surface area contributed by atoms with Gasteiger partial charge >= 0.3 is 0 Å². The van der Waals surface area contributed by atoms with E-state index in [2.05, 4.69) is 23.5 Å². The van der Waals surface area contributed by atoms with Crippen LogP contribution in [0.5, 0.6) is 5.75 Å². The predicted octanol–water partition coefficient (Wildman–Crippen LogP) is 4.41. The molecule has 2 aliphatic carbocycles. The molecule has 3 unspecified atom stereocenters. The van der Waals surface area contributed by atoms with Gasteiger partial charge in [-0.2, -0.15) is 10.4 Å². The molecule has 5 nitrogen and oxygen atoms in total. The molecule has 0 spiro atoms. The van der Waals surface area contributed by atoms with Crippen molar-refractivity contribution < 1.29 is 9.53 Å². The average Bonchev–Trinajstić information content (AvgIpc) is 3.39. The molecule has 2 aromatic rings. The number of nitrogens with one attached hydrogen (secondary N) is 1. The largest absolute Gasteiger partial charge is 0.489 e. The van der Waals surface area contributed by atoms with Crippen molar-refractivity contribution in [1.29, 1.82) is 5.26 Å². The van der Waals surface area contributed by atoms with E-state index < -0.39 is 0 Å². The summed E-state index contributed by atoms with van der Waals surface area (Å²) in [4.78, 5) is 12.4. The van der Waals surface area contributed by atoms with Crippen LogP contribution in [-0.2, 0) is 11.4 Å². The molecule has 2 aliphatic rings. The average molecular weight is 387 g/mol. The SMILES string of the molecule is CC12CCCCC1C2C(=O)NN=Cc1ccc(OCc2ccccc2C#N)cc1. The Balaban J connectivity index is 1.28. The van der Waals surface area contributed by atoms with Gasteiger partial charge in [-0.15, -0.1) is 0 Å². The summed E-state index contributed by atoms with van der Waals surface area (Å²) in [6.07, 6.45) is 6.44. The minimum absolute atomic E-state index is 0.0479. The Hall–Kier alpha value is -3.13. The normalized spacial score (nSPS) is 25.1. The number of hydrogen-bond donors (Lipinski definition) is 1. The van der Waals surface area contributed by atoms with Crippen LogP contribution in [0.25, 0.3) is 0 Å². The Bertz CT molecular complexity index is 961. The fraction of sp³-hybridized carbons (Fsp3) is 0.375. The molecule has 1 amide bonds. The molecule has 0 heterocycles. The van der Waals surface area contributed by atoms with Gasteiger partial charge < -0.3 is 4.74 Å². The maximum Gasteiger partial charge on any atom is 0.244 e. The minimum atomic E-state index is 0.0479. The highest BCUT2D eigenvalue weighted by atomic mass is 16.5. The highest BCUT2D eigenvalue weighted by Gasteiger charge is 2.64. The molecular weight excluding hydrogens is 362 g/mol. The van der Waals surface area contributed by atoms with Crippen LogP contribution in [0.15, 0.2) is 53.6 Å². The van der Waals surface area contributed by atoms with Crippen LogP contribution in [0.3, 0.4) is 0 Å². The zero-order valence-electron chi connectivity index (χ0n) is 16.6. The van der Waals surface area contributed by atoms with Crippen LogP contribution >= 0.6 is 0 Å². The lowest BCUT2D eigenvalue weighted by Gasteiger charge is -2.15. The van der Waals surface area contributed by atoms with Crippen LogP contribution in [0.4, 0.5) is 0 Å². The smallest absolute Gasteiger partial charge is 0.244 e. The third kappa shape index (κ3) is 4.02. The fourth-order valence-corrected chi connectivity index (χ4v) is 4.66. The quantitative estimate of drug-likeness (QED) is 0.589. The molecule has 3 atom stereocenters. The number of benzene rings is 2. The first-order valence-corrected chi connectivity index (χ1v) is 10.2. The number of amides is 1. The highest BCUT2D eigenvalue weighted by Crippen LogP contribution is 2.66. The predicted molar refractivity (Wildman–Crippen MR) is 111 cm³/mol. The summed E-state index contributed by atoms with van der Waals surface area (Å²) in [5, 5.41) is 13.3. The van der Waals surface area contributed by atoms with E-state index in [0.29, 0.717) is 23.8 Å². The Kier molecular flexibility index (Phi) is 5.35. The molecule has 2 aromatic carbocycles. The van der Waals surface area contributed by atoms with Crippen LogP contribution < -0.4 is 10.2 Å². The van der Waals surface area contributed by atoms with Crippen molar-refractivity contribution >= 4 is 12.1 Å². The van der Waals surface area contributed by atoms with E-state index in [1.807, 2.05) is 42.5 Å². The lowest BCUT2D eigenvalue weighted by atomic mass is 9.90. The second-order valence-corrected chi connectivity index (χ2v) is 8.20. The molecule has 148 valence electrons. The molecular formula is C24H25N3O2. The number of ether oxygens (including phenoxy) is 1. The first kappa shape index (κ1) is 19.2. The summed E-state index contributed by atoms with van der Waals surface area (Å²) in [7, 11) is 0. The van der Waals surface area contributed by atoms with E-state index in [9.17, 15) is 4.79 Å². The lowest BCUT2D eigenvalue weighted by molar-refractivity contribution is -0.123. The minimum Gasteiger partial charge on any atom is -0.489 e. The molecule has 2 fully saturated rings. The van der Waals surface area contributed by atoms with E-state index in [1.54, 1.807) is 12.3 Å². The first-order valence-electron chi connectivity index (χ1n) is 10.2. The Labute approximate surface area is 171 Å². The van der Waals surface area contributed by atoms with Crippen LogP contribution in [0.2, 0.25) is 0 Å². The zero-order valence-corrected chi connectivity index (χ0v) is 16.6. The van der Waals surface area contributed by atoms with E-state index >= 15 is 0 Å². The summed E-state index contributed by atoms with van der Waals surface area (Å²) < 4.78 is 5.77. The molecule has 1 N–H and O–H groups in total.